The van der Waals surface area contributed by atoms with Crippen LogP contribution in [0.4, 0.5) is 0 Å². The van der Waals surface area contributed by atoms with Crippen LogP contribution in [0.2, 0.25) is 0 Å². The quantitative estimate of drug-likeness (QED) is 0.455. The lowest BCUT2D eigenvalue weighted by Gasteiger charge is -2.32. The summed E-state index contributed by atoms with van der Waals surface area (Å²) in [5, 5.41) is 36.0. The fraction of sp³-hybridized carbons (Fsp3) is 0.700. The summed E-state index contributed by atoms with van der Waals surface area (Å²) in [7, 11) is 0. The maximum Gasteiger partial charge on any atom is 0.330 e. The van der Waals surface area contributed by atoms with Gasteiger partial charge in [0.1, 0.15) is 0 Å². The molecule has 1 atom stereocenters. The van der Waals surface area contributed by atoms with E-state index in [1.165, 1.54) is 13.0 Å². The van der Waals surface area contributed by atoms with Crippen LogP contribution < -0.4 is 0 Å². The molecule has 1 unspecified atom stereocenters. The zero-order valence-electron chi connectivity index (χ0n) is 8.97. The number of aliphatic hydroxyl groups excluding tert-OH is 3. The Balaban J connectivity index is 4.87. The average molecular weight is 218 g/mol. The number of carboxylic acid groups (broad SMARTS) is 1. The average Bonchev–Trinajstić information content (AvgIpc) is 2.21. The van der Waals surface area contributed by atoms with E-state index in [2.05, 4.69) is 0 Å². The van der Waals surface area contributed by atoms with Gasteiger partial charge in [0.2, 0.25) is 0 Å². The van der Waals surface area contributed by atoms with Gasteiger partial charge < -0.3 is 20.4 Å². The number of rotatable bonds is 6. The van der Waals surface area contributed by atoms with Crippen molar-refractivity contribution < 1.29 is 25.2 Å². The van der Waals surface area contributed by atoms with Gasteiger partial charge in [-0.05, 0) is 12.8 Å². The summed E-state index contributed by atoms with van der Waals surface area (Å²) in [6, 6.07) is 0. The maximum absolute atomic E-state index is 10.6. The summed E-state index contributed by atoms with van der Waals surface area (Å²) >= 11 is 0. The summed E-state index contributed by atoms with van der Waals surface area (Å²) < 4.78 is 0. The fourth-order valence-electron chi connectivity index (χ4n) is 1.21. The van der Waals surface area contributed by atoms with Crippen LogP contribution in [0.15, 0.2) is 11.6 Å². The first-order chi connectivity index (χ1) is 6.93. The molecular formula is C10H18O5. The summed E-state index contributed by atoms with van der Waals surface area (Å²) in [4.78, 5) is 10.6. The van der Waals surface area contributed by atoms with Crippen LogP contribution in [0.25, 0.3) is 0 Å². The van der Waals surface area contributed by atoms with E-state index in [9.17, 15) is 4.79 Å². The molecule has 4 N–H and O–H groups in total. The third kappa shape index (κ3) is 3.30. The summed E-state index contributed by atoms with van der Waals surface area (Å²) in [5.74, 6) is -1.47. The number of aliphatic hydroxyl groups is 3. The molecule has 5 nitrogen and oxygen atoms in total. The molecule has 0 saturated heterocycles. The van der Waals surface area contributed by atoms with Gasteiger partial charge in [0, 0.05) is 11.0 Å². The largest absolute Gasteiger partial charge is 0.478 e. The first-order valence-electron chi connectivity index (χ1n) is 4.68. The van der Waals surface area contributed by atoms with Crippen molar-refractivity contribution in [3.05, 3.63) is 11.6 Å². The van der Waals surface area contributed by atoms with Crippen LogP contribution >= 0.6 is 0 Å². The first-order valence-corrected chi connectivity index (χ1v) is 4.68. The molecule has 0 spiro atoms. The van der Waals surface area contributed by atoms with Crippen molar-refractivity contribution in [3.8, 4) is 0 Å². The highest BCUT2D eigenvalue weighted by Gasteiger charge is 2.33. The number of hydrogen-bond donors (Lipinski definition) is 4. The Morgan fingerprint density at radius 2 is 1.67 bits per heavy atom. The lowest BCUT2D eigenvalue weighted by atomic mass is 9.77. The molecule has 0 aromatic rings. The highest BCUT2D eigenvalue weighted by atomic mass is 16.4. The second-order valence-corrected chi connectivity index (χ2v) is 3.78. The van der Waals surface area contributed by atoms with E-state index >= 15 is 0 Å². The molecule has 0 heterocycles. The molecule has 0 aliphatic heterocycles. The van der Waals surface area contributed by atoms with Crippen LogP contribution in [-0.2, 0) is 4.79 Å². The molecule has 0 aromatic heterocycles. The van der Waals surface area contributed by atoms with Crippen molar-refractivity contribution in [2.45, 2.75) is 13.8 Å². The van der Waals surface area contributed by atoms with Gasteiger partial charge in [-0.2, -0.15) is 0 Å². The topological polar surface area (TPSA) is 98.0 Å². The normalized spacial score (nSPS) is 15.1. The highest BCUT2D eigenvalue weighted by Crippen LogP contribution is 2.28. The van der Waals surface area contributed by atoms with Gasteiger partial charge in [-0.3, -0.25) is 0 Å². The Morgan fingerprint density at radius 3 is 1.93 bits per heavy atom. The Bertz CT molecular complexity index is 234. The standard InChI is InChI=1S/C10H18O5/c1-7(9(14)15)3-8(2)10(4-11,5-12)6-13/h3,8,11-13H,4-6H2,1-2H3,(H,14,15)/b7-3+. The molecule has 15 heavy (non-hydrogen) atoms. The maximum atomic E-state index is 10.6. The third-order valence-corrected chi connectivity index (χ3v) is 2.75. The number of aliphatic carboxylic acids is 1. The van der Waals surface area contributed by atoms with E-state index in [-0.39, 0.29) is 5.57 Å². The van der Waals surface area contributed by atoms with Crippen LogP contribution in [0.5, 0.6) is 0 Å². The minimum Gasteiger partial charge on any atom is -0.478 e. The lowest BCUT2D eigenvalue weighted by Crippen LogP contribution is -2.39. The second kappa shape index (κ2) is 5.85. The molecule has 0 amide bonds. The number of hydrogen-bond acceptors (Lipinski definition) is 4. The van der Waals surface area contributed by atoms with Gasteiger partial charge in [-0.1, -0.05) is 13.0 Å². The van der Waals surface area contributed by atoms with Crippen LogP contribution in [0.1, 0.15) is 13.8 Å². The van der Waals surface area contributed by atoms with E-state index < -0.39 is 37.1 Å². The second-order valence-electron chi connectivity index (χ2n) is 3.78. The zero-order valence-corrected chi connectivity index (χ0v) is 8.97. The van der Waals surface area contributed by atoms with Gasteiger partial charge in [0.05, 0.1) is 19.8 Å². The van der Waals surface area contributed by atoms with Crippen molar-refractivity contribution >= 4 is 5.97 Å². The Hall–Kier alpha value is -0.910. The summed E-state index contributed by atoms with van der Waals surface area (Å²) in [6.45, 7) is 1.88. The minimum atomic E-state index is -1.07. The van der Waals surface area contributed by atoms with Gasteiger partial charge in [0.25, 0.3) is 0 Å². The molecule has 0 aliphatic rings. The van der Waals surface area contributed by atoms with Crippen LogP contribution in [0, 0.1) is 11.3 Å². The molecule has 88 valence electrons. The molecular weight excluding hydrogens is 200 g/mol. The fourth-order valence-corrected chi connectivity index (χ4v) is 1.21. The Morgan fingerprint density at radius 1 is 1.27 bits per heavy atom. The van der Waals surface area contributed by atoms with Crippen molar-refractivity contribution in [2.75, 3.05) is 19.8 Å². The number of allylic oxidation sites excluding steroid dienone is 1. The van der Waals surface area contributed by atoms with Crippen molar-refractivity contribution in [3.63, 3.8) is 0 Å². The summed E-state index contributed by atoms with van der Waals surface area (Å²) in [5.41, 5.74) is -0.946. The zero-order chi connectivity index (χ0) is 12.1. The molecule has 0 aliphatic carbocycles. The number of carbonyl (C=O) groups is 1. The van der Waals surface area contributed by atoms with Crippen LogP contribution in [0.3, 0.4) is 0 Å². The predicted octanol–water partition coefficient (Wildman–Crippen LogP) is -0.383. The summed E-state index contributed by atoms with van der Waals surface area (Å²) in [6.07, 6.45) is 1.42. The molecule has 5 heteroatoms. The van der Waals surface area contributed by atoms with Crippen LogP contribution in [-0.4, -0.2) is 46.2 Å². The van der Waals surface area contributed by atoms with E-state index in [1.54, 1.807) is 6.92 Å². The number of carboxylic acids is 1. The van der Waals surface area contributed by atoms with Crippen molar-refractivity contribution in [1.82, 2.24) is 0 Å². The Labute approximate surface area is 88.7 Å². The first kappa shape index (κ1) is 14.1. The van der Waals surface area contributed by atoms with Crippen molar-refractivity contribution in [1.29, 1.82) is 0 Å². The monoisotopic (exact) mass is 218 g/mol. The van der Waals surface area contributed by atoms with Gasteiger partial charge in [-0.25, -0.2) is 4.79 Å². The molecule has 0 saturated carbocycles. The van der Waals surface area contributed by atoms with Gasteiger partial charge >= 0.3 is 5.97 Å². The predicted molar refractivity (Wildman–Crippen MR) is 54.2 cm³/mol. The molecule has 0 fully saturated rings. The minimum absolute atomic E-state index is 0.127. The highest BCUT2D eigenvalue weighted by molar-refractivity contribution is 5.85. The van der Waals surface area contributed by atoms with Gasteiger partial charge in [0.15, 0.2) is 0 Å². The van der Waals surface area contributed by atoms with E-state index in [0.29, 0.717) is 0 Å². The SMILES string of the molecule is C/C(=C\C(C)C(CO)(CO)CO)C(=O)O. The lowest BCUT2D eigenvalue weighted by molar-refractivity contribution is -0.132. The molecule has 0 bridgehead atoms. The Kier molecular flexibility index (Phi) is 5.49. The molecule has 0 radical (unpaired) electrons. The molecule has 0 rings (SSSR count). The third-order valence-electron chi connectivity index (χ3n) is 2.75. The van der Waals surface area contributed by atoms with E-state index in [4.69, 9.17) is 20.4 Å². The molecule has 0 aromatic carbocycles. The van der Waals surface area contributed by atoms with Gasteiger partial charge in [-0.15, -0.1) is 0 Å². The van der Waals surface area contributed by atoms with Crippen molar-refractivity contribution in [2.24, 2.45) is 11.3 Å². The van der Waals surface area contributed by atoms with E-state index in [0.717, 1.165) is 0 Å². The van der Waals surface area contributed by atoms with E-state index in [1.807, 2.05) is 0 Å². The smallest absolute Gasteiger partial charge is 0.330 e.